The van der Waals surface area contributed by atoms with Gasteiger partial charge in [-0.2, -0.15) is 0 Å². The highest BCUT2D eigenvalue weighted by Crippen LogP contribution is 2.32. The fourth-order valence-corrected chi connectivity index (χ4v) is 2.31. The van der Waals surface area contributed by atoms with E-state index in [-0.39, 0.29) is 11.5 Å². The summed E-state index contributed by atoms with van der Waals surface area (Å²) in [6, 6.07) is 6.34. The molecule has 1 aromatic rings. The predicted octanol–water partition coefficient (Wildman–Crippen LogP) is 2.40. The van der Waals surface area contributed by atoms with E-state index in [2.05, 4.69) is 5.32 Å². The van der Waals surface area contributed by atoms with Gasteiger partial charge in [0.15, 0.2) is 0 Å². The average molecular weight is 237 g/mol. The van der Waals surface area contributed by atoms with E-state index in [1.54, 1.807) is 18.2 Å². The molecule has 1 aliphatic rings. The maximum atomic E-state index is 14.3. The van der Waals surface area contributed by atoms with Crippen LogP contribution in [0.3, 0.4) is 0 Å². The van der Waals surface area contributed by atoms with Crippen LogP contribution in [-0.4, -0.2) is 24.2 Å². The third kappa shape index (κ3) is 2.64. The molecule has 1 heterocycles. The molecule has 0 spiro atoms. The summed E-state index contributed by atoms with van der Waals surface area (Å²) in [6.45, 7) is 1.54. The van der Waals surface area contributed by atoms with E-state index < -0.39 is 12.1 Å². The lowest BCUT2D eigenvalue weighted by Crippen LogP contribution is -2.32. The number of hydrogen-bond acceptors (Lipinski definition) is 2. The van der Waals surface area contributed by atoms with Gasteiger partial charge < -0.3 is 10.4 Å². The van der Waals surface area contributed by atoms with Crippen molar-refractivity contribution in [1.29, 1.82) is 0 Å². The summed E-state index contributed by atoms with van der Waals surface area (Å²) in [5, 5.41) is 12.2. The van der Waals surface area contributed by atoms with Crippen LogP contribution in [0.25, 0.3) is 0 Å². The zero-order chi connectivity index (χ0) is 12.3. The number of rotatable bonds is 3. The summed E-state index contributed by atoms with van der Waals surface area (Å²) in [6.07, 6.45) is 0.553. The molecule has 0 saturated carbocycles. The highest BCUT2D eigenvalue weighted by Gasteiger charge is 2.27. The maximum absolute atomic E-state index is 14.3. The van der Waals surface area contributed by atoms with Crippen LogP contribution in [0.5, 0.6) is 0 Å². The Labute approximate surface area is 99.7 Å². The third-order valence-electron chi connectivity index (χ3n) is 3.24. The number of nitrogens with one attached hydrogen (secondary N) is 1. The van der Waals surface area contributed by atoms with Crippen LogP contribution in [0.1, 0.15) is 34.9 Å². The monoisotopic (exact) mass is 237 g/mol. The van der Waals surface area contributed by atoms with E-state index in [1.807, 2.05) is 0 Å². The van der Waals surface area contributed by atoms with Crippen molar-refractivity contribution in [1.82, 2.24) is 5.32 Å². The molecule has 0 radical (unpaired) electrons. The van der Waals surface area contributed by atoms with Gasteiger partial charge in [-0.25, -0.2) is 9.18 Å². The zero-order valence-corrected chi connectivity index (χ0v) is 9.53. The summed E-state index contributed by atoms with van der Waals surface area (Å²) in [7, 11) is 0. The van der Waals surface area contributed by atoms with Crippen molar-refractivity contribution in [3.05, 3.63) is 35.4 Å². The molecule has 2 N–H and O–H groups in total. The maximum Gasteiger partial charge on any atom is 0.336 e. The van der Waals surface area contributed by atoms with Gasteiger partial charge in [0.1, 0.15) is 6.17 Å². The second-order valence-corrected chi connectivity index (χ2v) is 4.40. The van der Waals surface area contributed by atoms with E-state index >= 15 is 0 Å². The number of alkyl halides is 1. The molecule has 0 bridgehead atoms. The molecule has 1 saturated heterocycles. The highest BCUT2D eigenvalue weighted by atomic mass is 19.1. The third-order valence-corrected chi connectivity index (χ3v) is 3.24. The quantitative estimate of drug-likeness (QED) is 0.848. The van der Waals surface area contributed by atoms with Crippen LogP contribution in [0.2, 0.25) is 0 Å². The van der Waals surface area contributed by atoms with E-state index in [9.17, 15) is 9.18 Å². The topological polar surface area (TPSA) is 49.3 Å². The first-order valence-corrected chi connectivity index (χ1v) is 5.87. The number of halogens is 1. The molecule has 1 fully saturated rings. The molecule has 2 unspecified atom stereocenters. The van der Waals surface area contributed by atoms with Crippen LogP contribution >= 0.6 is 0 Å². The molecule has 0 aliphatic carbocycles. The molecular weight excluding hydrogens is 221 g/mol. The standard InChI is InChI=1S/C13H16FNO2/c14-12(9-4-3-7-15-8-9)10-5-1-2-6-11(10)13(16)17/h1-2,5-6,9,12,15H,3-4,7-8H2,(H,16,17). The van der Waals surface area contributed by atoms with E-state index in [1.165, 1.54) is 6.07 Å². The zero-order valence-electron chi connectivity index (χ0n) is 9.53. The van der Waals surface area contributed by atoms with Gasteiger partial charge in [0.2, 0.25) is 0 Å². The van der Waals surface area contributed by atoms with Crippen LogP contribution < -0.4 is 5.32 Å². The van der Waals surface area contributed by atoms with Crippen LogP contribution in [0.15, 0.2) is 24.3 Å². The molecule has 3 nitrogen and oxygen atoms in total. The van der Waals surface area contributed by atoms with Crippen LogP contribution in [-0.2, 0) is 0 Å². The molecular formula is C13H16FNO2. The fourth-order valence-electron chi connectivity index (χ4n) is 2.31. The summed E-state index contributed by atoms with van der Waals surface area (Å²) in [4.78, 5) is 11.0. The molecule has 1 aliphatic heterocycles. The molecule has 4 heteroatoms. The number of benzene rings is 1. The van der Waals surface area contributed by atoms with Crippen molar-refractivity contribution in [2.45, 2.75) is 19.0 Å². The Balaban J connectivity index is 2.23. The van der Waals surface area contributed by atoms with Crippen molar-refractivity contribution < 1.29 is 14.3 Å². The first-order chi connectivity index (χ1) is 8.20. The average Bonchev–Trinajstić information content (AvgIpc) is 2.39. The Hall–Kier alpha value is -1.42. The van der Waals surface area contributed by atoms with Crippen molar-refractivity contribution in [2.75, 3.05) is 13.1 Å². The van der Waals surface area contributed by atoms with Gasteiger partial charge in [0.05, 0.1) is 5.56 Å². The van der Waals surface area contributed by atoms with Gasteiger partial charge in [-0.3, -0.25) is 0 Å². The first-order valence-electron chi connectivity index (χ1n) is 5.87. The van der Waals surface area contributed by atoms with Crippen LogP contribution in [0, 0.1) is 5.92 Å². The van der Waals surface area contributed by atoms with Gasteiger partial charge in [0.25, 0.3) is 0 Å². The second kappa shape index (κ2) is 5.27. The molecule has 92 valence electrons. The number of carboxylic acid groups (broad SMARTS) is 1. The van der Waals surface area contributed by atoms with E-state index in [0.29, 0.717) is 12.1 Å². The van der Waals surface area contributed by atoms with E-state index in [4.69, 9.17) is 5.11 Å². The van der Waals surface area contributed by atoms with Gasteiger partial charge in [-0.15, -0.1) is 0 Å². The molecule has 17 heavy (non-hydrogen) atoms. The van der Waals surface area contributed by atoms with Gasteiger partial charge in [-0.05, 0) is 25.5 Å². The Kier molecular flexibility index (Phi) is 3.74. The highest BCUT2D eigenvalue weighted by molar-refractivity contribution is 5.89. The minimum atomic E-state index is -1.20. The Bertz CT molecular complexity index is 402. The summed E-state index contributed by atoms with van der Waals surface area (Å²) in [5.74, 6) is -1.18. The van der Waals surface area contributed by atoms with Crippen molar-refractivity contribution in [2.24, 2.45) is 5.92 Å². The molecule has 0 amide bonds. The Morgan fingerprint density at radius 2 is 2.24 bits per heavy atom. The molecule has 1 aromatic carbocycles. The number of aromatic carboxylic acids is 1. The predicted molar refractivity (Wildman–Crippen MR) is 62.8 cm³/mol. The number of piperidine rings is 1. The first kappa shape index (κ1) is 12.0. The number of hydrogen-bond donors (Lipinski definition) is 2. The van der Waals surface area contributed by atoms with Gasteiger partial charge in [-0.1, -0.05) is 18.2 Å². The molecule has 2 rings (SSSR count). The Morgan fingerprint density at radius 3 is 2.88 bits per heavy atom. The van der Waals surface area contributed by atoms with Crippen LogP contribution in [0.4, 0.5) is 4.39 Å². The summed E-state index contributed by atoms with van der Waals surface area (Å²) in [5.41, 5.74) is 0.374. The van der Waals surface area contributed by atoms with Gasteiger partial charge >= 0.3 is 5.97 Å². The number of carbonyl (C=O) groups is 1. The summed E-state index contributed by atoms with van der Waals surface area (Å²) < 4.78 is 14.3. The lowest BCUT2D eigenvalue weighted by Gasteiger charge is -2.26. The van der Waals surface area contributed by atoms with Crippen molar-refractivity contribution in [3.8, 4) is 0 Å². The lowest BCUT2D eigenvalue weighted by atomic mass is 9.88. The minimum Gasteiger partial charge on any atom is -0.478 e. The summed E-state index contributed by atoms with van der Waals surface area (Å²) >= 11 is 0. The minimum absolute atomic E-state index is 0.0746. The van der Waals surface area contributed by atoms with Crippen molar-refractivity contribution in [3.63, 3.8) is 0 Å². The smallest absolute Gasteiger partial charge is 0.336 e. The van der Waals surface area contributed by atoms with E-state index in [0.717, 1.165) is 19.4 Å². The fraction of sp³-hybridized carbons (Fsp3) is 0.462. The number of carboxylic acids is 1. The lowest BCUT2D eigenvalue weighted by molar-refractivity contribution is 0.0690. The van der Waals surface area contributed by atoms with Crippen molar-refractivity contribution >= 4 is 5.97 Å². The SMILES string of the molecule is O=C(O)c1ccccc1C(F)C1CCCNC1. The Morgan fingerprint density at radius 1 is 1.47 bits per heavy atom. The van der Waals surface area contributed by atoms with Gasteiger partial charge in [0, 0.05) is 18.0 Å². The molecule has 0 aromatic heterocycles. The largest absolute Gasteiger partial charge is 0.478 e. The normalized spacial score (nSPS) is 22.1. The molecule has 2 atom stereocenters. The second-order valence-electron chi connectivity index (χ2n) is 4.40.